The molecular weight excluding hydrogens is 550 g/mol. The zero-order valence-corrected chi connectivity index (χ0v) is 25.9. The molecule has 1 spiro atoms. The van der Waals surface area contributed by atoms with Gasteiger partial charge in [-0.15, -0.1) is 0 Å². The number of carbonyl (C=O) groups is 1. The van der Waals surface area contributed by atoms with Crippen molar-refractivity contribution in [2.24, 2.45) is 4.99 Å². The number of amidine groups is 1. The van der Waals surface area contributed by atoms with E-state index in [2.05, 4.69) is 29.8 Å². The van der Waals surface area contributed by atoms with Crippen molar-refractivity contribution in [1.82, 2.24) is 15.0 Å². The highest BCUT2D eigenvalue weighted by atomic mass is 32.2. The van der Waals surface area contributed by atoms with E-state index < -0.39 is 15.6 Å². The molecule has 5 rings (SSSR count). The summed E-state index contributed by atoms with van der Waals surface area (Å²) in [6.07, 6.45) is 11.0. The number of hydrogen-bond donors (Lipinski definition) is 1. The fourth-order valence-corrected chi connectivity index (χ4v) is 7.19. The van der Waals surface area contributed by atoms with Crippen molar-refractivity contribution in [3.63, 3.8) is 0 Å². The number of amides is 1. The molecule has 42 heavy (non-hydrogen) atoms. The fourth-order valence-electron chi connectivity index (χ4n) is 5.92. The molecule has 1 amide bonds. The van der Waals surface area contributed by atoms with E-state index in [-0.39, 0.29) is 16.6 Å². The number of nitrogens with one attached hydrogen (secondary N) is 1. The van der Waals surface area contributed by atoms with Crippen LogP contribution >= 0.6 is 0 Å². The Morgan fingerprint density at radius 3 is 2.45 bits per heavy atom. The molecule has 224 valence electrons. The Morgan fingerprint density at radius 1 is 1.05 bits per heavy atom. The fraction of sp³-hybridized carbons (Fsp3) is 0.500. The molecule has 2 aliphatic rings. The molecule has 0 radical (unpaired) electrons. The summed E-state index contributed by atoms with van der Waals surface area (Å²) in [6, 6.07) is 8.98. The number of pyridine rings is 1. The van der Waals surface area contributed by atoms with Gasteiger partial charge in [0.15, 0.2) is 5.82 Å². The van der Waals surface area contributed by atoms with Gasteiger partial charge in [0.25, 0.3) is 15.9 Å². The van der Waals surface area contributed by atoms with Gasteiger partial charge in [-0.25, -0.2) is 8.42 Å². The molecule has 1 aromatic carbocycles. The van der Waals surface area contributed by atoms with Crippen molar-refractivity contribution in [2.75, 3.05) is 4.72 Å². The third kappa shape index (κ3) is 5.86. The first-order valence-electron chi connectivity index (χ1n) is 15.1. The van der Waals surface area contributed by atoms with Crippen LogP contribution in [-0.4, -0.2) is 40.7 Å². The molecular formula is C32H41N5O4S. The second kappa shape index (κ2) is 12.4. The highest BCUT2D eigenvalue weighted by molar-refractivity contribution is 7.92. The summed E-state index contributed by atoms with van der Waals surface area (Å²) >= 11 is 0. The summed E-state index contributed by atoms with van der Waals surface area (Å²) in [5.74, 6) is 1.74. The van der Waals surface area contributed by atoms with Gasteiger partial charge in [0.05, 0.1) is 17.1 Å². The minimum absolute atomic E-state index is 0.117. The summed E-state index contributed by atoms with van der Waals surface area (Å²) in [4.78, 5) is 25.6. The lowest BCUT2D eigenvalue weighted by Gasteiger charge is -2.23. The molecule has 0 saturated heterocycles. The largest absolute Gasteiger partial charge is 0.359 e. The Bertz CT molecular complexity index is 1590. The average Bonchev–Trinajstić information content (AvgIpc) is 3.66. The summed E-state index contributed by atoms with van der Waals surface area (Å²) in [5.41, 5.74) is 3.08. The zero-order valence-electron chi connectivity index (χ0n) is 25.1. The van der Waals surface area contributed by atoms with E-state index >= 15 is 0 Å². The van der Waals surface area contributed by atoms with Crippen LogP contribution in [0.15, 0.2) is 50.9 Å². The molecule has 3 heterocycles. The SMILES string of the molecule is CCCCC1=NC2(CCCC2)C(=O)N1Cc1cnc(-c2ccccc2S(=O)(=O)Nc2noc(C)c2C)c(CCCC)c1. The molecule has 0 atom stereocenters. The number of aliphatic imine (C=N–C) groups is 1. The first-order valence-corrected chi connectivity index (χ1v) is 16.6. The monoisotopic (exact) mass is 591 g/mol. The van der Waals surface area contributed by atoms with Crippen molar-refractivity contribution < 1.29 is 17.7 Å². The quantitative estimate of drug-likeness (QED) is 0.249. The van der Waals surface area contributed by atoms with Gasteiger partial charge in [0.1, 0.15) is 17.1 Å². The molecule has 0 unspecified atom stereocenters. The lowest BCUT2D eigenvalue weighted by atomic mass is 9.97. The van der Waals surface area contributed by atoms with Gasteiger partial charge >= 0.3 is 0 Å². The van der Waals surface area contributed by atoms with Crippen LogP contribution in [0.25, 0.3) is 11.3 Å². The lowest BCUT2D eigenvalue weighted by molar-refractivity contribution is -0.131. The van der Waals surface area contributed by atoms with Crippen LogP contribution in [0.1, 0.15) is 94.1 Å². The van der Waals surface area contributed by atoms with Crippen molar-refractivity contribution in [2.45, 2.75) is 109 Å². The lowest BCUT2D eigenvalue weighted by Crippen LogP contribution is -2.40. The summed E-state index contributed by atoms with van der Waals surface area (Å²) in [7, 11) is -3.98. The summed E-state index contributed by atoms with van der Waals surface area (Å²) < 4.78 is 34.9. The van der Waals surface area contributed by atoms with Crippen molar-refractivity contribution in [3.05, 3.63) is 59.0 Å². The van der Waals surface area contributed by atoms with Gasteiger partial charge in [-0.2, -0.15) is 0 Å². The van der Waals surface area contributed by atoms with Crippen LogP contribution in [0, 0.1) is 13.8 Å². The average molecular weight is 592 g/mol. The molecule has 9 nitrogen and oxygen atoms in total. The topological polar surface area (TPSA) is 118 Å². The van der Waals surface area contributed by atoms with E-state index in [1.807, 2.05) is 11.0 Å². The highest BCUT2D eigenvalue weighted by Crippen LogP contribution is 2.40. The summed E-state index contributed by atoms with van der Waals surface area (Å²) in [6.45, 7) is 8.19. The standard InChI is InChI=1S/C32H41N5O4S/c1-5-7-13-25-19-24(21-37-28(16-8-6-2)34-32(31(37)38)17-11-12-18-32)20-33-29(25)26-14-9-10-15-27(26)42(39,40)36-30-22(3)23(4)41-35-30/h9-10,14-15,19-20H,5-8,11-13,16-18,21H2,1-4H3,(H,35,36). The predicted octanol–water partition coefficient (Wildman–Crippen LogP) is 6.74. The van der Waals surface area contributed by atoms with E-state index in [0.717, 1.165) is 81.2 Å². The molecule has 1 saturated carbocycles. The van der Waals surface area contributed by atoms with Crippen molar-refractivity contribution >= 4 is 27.6 Å². The van der Waals surface area contributed by atoms with Crippen LogP contribution in [-0.2, 0) is 27.8 Å². The second-order valence-corrected chi connectivity index (χ2v) is 13.2. The van der Waals surface area contributed by atoms with Gasteiger partial charge < -0.3 is 4.52 Å². The zero-order chi connectivity index (χ0) is 29.9. The Kier molecular flexibility index (Phi) is 8.82. The Morgan fingerprint density at radius 2 is 1.76 bits per heavy atom. The third-order valence-electron chi connectivity index (χ3n) is 8.47. The van der Waals surface area contributed by atoms with Gasteiger partial charge in [-0.05, 0) is 63.1 Å². The van der Waals surface area contributed by atoms with Crippen molar-refractivity contribution in [1.29, 1.82) is 0 Å². The minimum Gasteiger partial charge on any atom is -0.359 e. The first-order chi connectivity index (χ1) is 20.2. The maximum Gasteiger partial charge on any atom is 0.263 e. The van der Waals surface area contributed by atoms with E-state index in [1.165, 1.54) is 0 Å². The number of nitrogens with zero attached hydrogens (tertiary/aromatic N) is 4. The number of benzene rings is 1. The van der Waals surface area contributed by atoms with Crippen LogP contribution in [0.2, 0.25) is 0 Å². The Hall–Kier alpha value is -3.53. The summed E-state index contributed by atoms with van der Waals surface area (Å²) in [5, 5.41) is 3.88. The number of carbonyl (C=O) groups excluding carboxylic acids is 1. The smallest absolute Gasteiger partial charge is 0.263 e. The maximum atomic E-state index is 13.7. The van der Waals surface area contributed by atoms with Crippen LogP contribution in [0.5, 0.6) is 0 Å². The Labute approximate surface area is 248 Å². The van der Waals surface area contributed by atoms with Crippen LogP contribution < -0.4 is 4.72 Å². The van der Waals surface area contributed by atoms with Gasteiger partial charge in [-0.3, -0.25) is 24.4 Å². The number of hydrogen-bond acceptors (Lipinski definition) is 7. The van der Waals surface area contributed by atoms with Gasteiger partial charge in [0, 0.05) is 23.7 Å². The Balaban J connectivity index is 1.49. The second-order valence-electron chi connectivity index (χ2n) is 11.5. The number of sulfonamides is 1. The number of anilines is 1. The van der Waals surface area contributed by atoms with E-state index in [9.17, 15) is 13.2 Å². The molecule has 10 heteroatoms. The van der Waals surface area contributed by atoms with E-state index in [4.69, 9.17) is 14.5 Å². The maximum absolute atomic E-state index is 13.7. The molecule has 2 aromatic heterocycles. The first kappa shape index (κ1) is 29.9. The number of aromatic nitrogens is 2. The number of aryl methyl sites for hydroxylation is 2. The van der Waals surface area contributed by atoms with Crippen LogP contribution in [0.3, 0.4) is 0 Å². The van der Waals surface area contributed by atoms with Crippen molar-refractivity contribution in [3.8, 4) is 11.3 Å². The third-order valence-corrected chi connectivity index (χ3v) is 9.86. The van der Waals surface area contributed by atoms with E-state index in [1.54, 1.807) is 38.2 Å². The van der Waals surface area contributed by atoms with Gasteiger partial charge in [-0.1, -0.05) is 69.0 Å². The van der Waals surface area contributed by atoms with Gasteiger partial charge in [0.2, 0.25) is 0 Å². The molecule has 3 aromatic rings. The number of unbranched alkanes of at least 4 members (excludes halogenated alkanes) is 2. The molecule has 1 aliphatic carbocycles. The normalized spacial score (nSPS) is 16.4. The minimum atomic E-state index is -3.98. The van der Waals surface area contributed by atoms with Crippen LogP contribution in [0.4, 0.5) is 5.82 Å². The number of rotatable bonds is 12. The van der Waals surface area contributed by atoms with E-state index in [0.29, 0.717) is 29.1 Å². The predicted molar refractivity (Wildman–Crippen MR) is 164 cm³/mol. The molecule has 0 bridgehead atoms. The highest BCUT2D eigenvalue weighted by Gasteiger charge is 2.49. The molecule has 1 aliphatic heterocycles. The molecule has 1 N–H and O–H groups in total. The molecule has 1 fully saturated rings.